The summed E-state index contributed by atoms with van der Waals surface area (Å²) in [5, 5.41) is 3.26. The smallest absolute Gasteiger partial charge is 0.391 e. The predicted octanol–water partition coefficient (Wildman–Crippen LogP) is 6.97. The molecule has 2 aromatic carbocycles. The monoisotopic (exact) mass is 542 g/mol. The molecule has 1 N–H and O–H groups in total. The minimum Gasteiger partial charge on any atom is -0.391 e. The summed E-state index contributed by atoms with van der Waals surface area (Å²) < 4.78 is 140. The van der Waals surface area contributed by atoms with E-state index in [-0.39, 0.29) is 28.9 Å². The SMILES string of the molecule is C/C(=N\OCc1cc(C(F)(F)F)ccc1C(F)(F)F)c1cc(Cl)ccc1C(F)(F)F.N=S(=O)=O. The van der Waals surface area contributed by atoms with Gasteiger partial charge in [-0.1, -0.05) is 16.8 Å². The average Bonchev–Trinajstić information content (AvgIpc) is 2.64. The number of nitrogens with one attached hydrogen (secondary N) is 1. The van der Waals surface area contributed by atoms with E-state index in [4.69, 9.17) is 24.8 Å². The summed E-state index contributed by atoms with van der Waals surface area (Å²) >= 11 is 5.68. The Morgan fingerprint density at radius 3 is 1.88 bits per heavy atom. The van der Waals surface area contributed by atoms with E-state index in [0.29, 0.717) is 6.07 Å². The second kappa shape index (κ2) is 11.1. The van der Waals surface area contributed by atoms with Crippen molar-refractivity contribution >= 4 is 27.8 Å². The van der Waals surface area contributed by atoms with Crippen LogP contribution in [0.5, 0.6) is 0 Å². The molecule has 2 rings (SSSR count). The van der Waals surface area contributed by atoms with E-state index in [1.54, 1.807) is 0 Å². The van der Waals surface area contributed by atoms with Crippen LogP contribution in [0.1, 0.15) is 34.7 Å². The van der Waals surface area contributed by atoms with Crippen molar-refractivity contribution in [1.29, 1.82) is 4.78 Å². The van der Waals surface area contributed by atoms with E-state index in [0.717, 1.165) is 19.1 Å². The number of nitrogens with zero attached hydrogens (tertiary/aromatic N) is 1. The fraction of sp³-hybridized carbons (Fsp3) is 0.278. The van der Waals surface area contributed by atoms with Crippen LogP contribution in [0.15, 0.2) is 41.6 Å². The van der Waals surface area contributed by atoms with Crippen LogP contribution in [0.4, 0.5) is 39.5 Å². The number of halogens is 10. The van der Waals surface area contributed by atoms with Crippen molar-refractivity contribution in [2.24, 2.45) is 5.16 Å². The molecule has 0 aliphatic carbocycles. The summed E-state index contributed by atoms with van der Waals surface area (Å²) in [6, 6.07) is 3.36. The Hall–Kier alpha value is -2.81. The number of hydrogen-bond donors (Lipinski definition) is 1. The third-order valence-corrected chi connectivity index (χ3v) is 4.07. The topological polar surface area (TPSA) is 79.6 Å². The normalized spacial score (nSPS) is 12.6. The van der Waals surface area contributed by atoms with Crippen molar-refractivity contribution in [2.45, 2.75) is 32.1 Å². The maximum Gasteiger partial charge on any atom is 0.417 e. The molecule has 0 fully saturated rings. The number of hydrogen-bond acceptors (Lipinski definition) is 5. The van der Waals surface area contributed by atoms with Crippen LogP contribution in [-0.2, 0) is 40.5 Å². The lowest BCUT2D eigenvalue weighted by Crippen LogP contribution is -2.14. The lowest BCUT2D eigenvalue weighted by Gasteiger charge is -2.15. The third-order valence-electron chi connectivity index (χ3n) is 3.84. The number of rotatable bonds is 4. The molecule has 0 bridgehead atoms. The molecule has 188 valence electrons. The van der Waals surface area contributed by atoms with Gasteiger partial charge in [0.2, 0.25) is 0 Å². The zero-order chi connectivity index (χ0) is 26.5. The van der Waals surface area contributed by atoms with Gasteiger partial charge in [0.05, 0.1) is 22.4 Å². The third kappa shape index (κ3) is 8.85. The van der Waals surface area contributed by atoms with Crippen molar-refractivity contribution in [1.82, 2.24) is 0 Å². The first-order valence-electron chi connectivity index (χ1n) is 8.45. The molecule has 0 saturated heterocycles. The quantitative estimate of drug-likeness (QED) is 0.257. The Kier molecular flexibility index (Phi) is 9.52. The second-order valence-electron chi connectivity index (χ2n) is 6.24. The highest BCUT2D eigenvalue weighted by atomic mass is 35.5. The minimum absolute atomic E-state index is 0.0650. The van der Waals surface area contributed by atoms with E-state index in [1.165, 1.54) is 0 Å². The van der Waals surface area contributed by atoms with Gasteiger partial charge in [-0.15, -0.1) is 0 Å². The van der Waals surface area contributed by atoms with Crippen molar-refractivity contribution in [3.63, 3.8) is 0 Å². The average molecular weight is 543 g/mol. The molecule has 0 atom stereocenters. The van der Waals surface area contributed by atoms with E-state index in [1.807, 2.05) is 0 Å². The molecule has 2 aromatic rings. The summed E-state index contributed by atoms with van der Waals surface area (Å²) in [6.45, 7) is 0.0235. The lowest BCUT2D eigenvalue weighted by molar-refractivity contribution is -0.142. The molecule has 16 heteroatoms. The molecule has 5 nitrogen and oxygen atoms in total. The molecule has 0 amide bonds. The molecular formula is C18H12ClF9N2O3S. The first kappa shape index (κ1) is 29.2. The van der Waals surface area contributed by atoms with Crippen LogP contribution < -0.4 is 0 Å². The molecule has 0 heterocycles. The summed E-state index contributed by atoms with van der Waals surface area (Å²) in [6.07, 6.45) is -14.7. The Labute approximate surface area is 192 Å². The van der Waals surface area contributed by atoms with E-state index in [2.05, 4.69) is 9.99 Å². The Morgan fingerprint density at radius 1 is 0.912 bits per heavy atom. The molecule has 0 aliphatic rings. The van der Waals surface area contributed by atoms with Gasteiger partial charge >= 0.3 is 29.0 Å². The Morgan fingerprint density at radius 2 is 1.41 bits per heavy atom. The summed E-state index contributed by atoms with van der Waals surface area (Å²) in [5.74, 6) is 0. The summed E-state index contributed by atoms with van der Waals surface area (Å²) in [7, 11) is -2.61. The zero-order valence-corrected chi connectivity index (χ0v) is 18.1. The van der Waals surface area contributed by atoms with E-state index in [9.17, 15) is 39.5 Å². The standard InChI is InChI=1S/C18H11ClF9NO.HNO2S/c1-9(13-7-12(19)3-5-15(13)18(26,27)28)29-30-8-10-6-11(16(20,21)22)2-4-14(10)17(23,24)25;1-4(2)3/h2-7H,8H2,1H3;1H/b29-9+;. The maximum absolute atomic E-state index is 13.1. The minimum atomic E-state index is -4.97. The highest BCUT2D eigenvalue weighted by molar-refractivity contribution is 7.60. The van der Waals surface area contributed by atoms with Crippen LogP contribution in [-0.4, -0.2) is 14.1 Å². The first-order valence-corrected chi connectivity index (χ1v) is 9.90. The van der Waals surface area contributed by atoms with Crippen LogP contribution >= 0.6 is 11.6 Å². The van der Waals surface area contributed by atoms with Crippen LogP contribution in [0.2, 0.25) is 5.02 Å². The van der Waals surface area contributed by atoms with Gasteiger partial charge < -0.3 is 4.84 Å². The van der Waals surface area contributed by atoms with Gasteiger partial charge in [-0.3, -0.25) is 0 Å². The first-order chi connectivity index (χ1) is 15.3. The number of alkyl halides is 9. The largest absolute Gasteiger partial charge is 0.417 e. The molecule has 0 aliphatic heterocycles. The highest BCUT2D eigenvalue weighted by Gasteiger charge is 2.37. The number of oxime groups is 1. The van der Waals surface area contributed by atoms with Crippen LogP contribution in [0.25, 0.3) is 0 Å². The molecular weight excluding hydrogens is 531 g/mol. The number of benzene rings is 2. The van der Waals surface area contributed by atoms with Crippen LogP contribution in [0.3, 0.4) is 0 Å². The van der Waals surface area contributed by atoms with Crippen LogP contribution in [0, 0.1) is 4.78 Å². The van der Waals surface area contributed by atoms with E-state index < -0.39 is 63.5 Å². The molecule has 0 radical (unpaired) electrons. The maximum atomic E-state index is 13.1. The summed E-state index contributed by atoms with van der Waals surface area (Å²) in [4.78, 5) is 4.66. The van der Waals surface area contributed by atoms with Crippen molar-refractivity contribution in [2.75, 3.05) is 0 Å². The Bertz CT molecular complexity index is 1150. The summed E-state index contributed by atoms with van der Waals surface area (Å²) in [5.41, 5.74) is -5.60. The molecule has 0 aromatic heterocycles. The molecule has 0 unspecified atom stereocenters. The van der Waals surface area contributed by atoms with Gasteiger partial charge in [0.25, 0.3) is 0 Å². The fourth-order valence-electron chi connectivity index (χ4n) is 2.48. The van der Waals surface area contributed by atoms with Gasteiger partial charge in [-0.25, -0.2) is 0 Å². The second-order valence-corrected chi connectivity index (χ2v) is 7.15. The van der Waals surface area contributed by atoms with Gasteiger partial charge in [0.15, 0.2) is 0 Å². The predicted molar refractivity (Wildman–Crippen MR) is 102 cm³/mol. The Balaban J connectivity index is 0.00000133. The van der Waals surface area contributed by atoms with Gasteiger partial charge in [-0.05, 0) is 43.3 Å². The van der Waals surface area contributed by atoms with E-state index >= 15 is 0 Å². The van der Waals surface area contributed by atoms with Crippen molar-refractivity contribution in [3.05, 3.63) is 69.2 Å². The van der Waals surface area contributed by atoms with Crippen molar-refractivity contribution < 1.29 is 52.8 Å². The van der Waals surface area contributed by atoms with Crippen molar-refractivity contribution in [3.8, 4) is 0 Å². The molecule has 34 heavy (non-hydrogen) atoms. The zero-order valence-electron chi connectivity index (χ0n) is 16.5. The lowest BCUT2D eigenvalue weighted by atomic mass is 10.0. The molecule has 0 spiro atoms. The fourth-order valence-corrected chi connectivity index (χ4v) is 2.65. The molecule has 0 saturated carbocycles. The van der Waals surface area contributed by atoms with Gasteiger partial charge in [0.1, 0.15) is 6.61 Å². The van der Waals surface area contributed by atoms with Gasteiger partial charge in [0, 0.05) is 16.1 Å². The highest BCUT2D eigenvalue weighted by Crippen LogP contribution is 2.37. The van der Waals surface area contributed by atoms with Gasteiger partial charge in [-0.2, -0.15) is 52.7 Å².